The van der Waals surface area contributed by atoms with Gasteiger partial charge >= 0.3 is 6.03 Å². The number of carbonyl (C=O) groups is 2. The number of ether oxygens (including phenoxy) is 1. The highest BCUT2D eigenvalue weighted by Crippen LogP contribution is 2.16. The fraction of sp³-hybridized carbons (Fsp3) is 0.500. The first kappa shape index (κ1) is 22.9. The van der Waals surface area contributed by atoms with Crippen LogP contribution in [0, 0.1) is 0 Å². The van der Waals surface area contributed by atoms with E-state index in [1.165, 1.54) is 0 Å². The van der Waals surface area contributed by atoms with Crippen molar-refractivity contribution in [3.05, 3.63) is 60.1 Å². The normalized spacial score (nSPS) is 16.2. The Kier molecular flexibility index (Phi) is 7.74. The van der Waals surface area contributed by atoms with Gasteiger partial charge in [0.25, 0.3) is 0 Å². The molecule has 168 valence electrons. The summed E-state index contributed by atoms with van der Waals surface area (Å²) in [6, 6.07) is 13.2. The number of furan rings is 1. The van der Waals surface area contributed by atoms with E-state index in [4.69, 9.17) is 9.15 Å². The van der Waals surface area contributed by atoms with Gasteiger partial charge in [-0.25, -0.2) is 4.79 Å². The Balaban J connectivity index is 1.74. The minimum Gasteiger partial charge on any atom is -0.467 e. The van der Waals surface area contributed by atoms with Crippen molar-refractivity contribution >= 4 is 11.9 Å². The fourth-order valence-electron chi connectivity index (χ4n) is 3.54. The molecule has 1 N–H and O–H groups in total. The average molecular weight is 428 g/mol. The molecule has 1 aliphatic rings. The molecule has 0 saturated carbocycles. The van der Waals surface area contributed by atoms with Crippen molar-refractivity contribution in [1.82, 2.24) is 15.1 Å². The van der Waals surface area contributed by atoms with Gasteiger partial charge in [0, 0.05) is 25.2 Å². The Hall–Kier alpha value is -2.80. The smallest absolute Gasteiger partial charge is 0.318 e. The number of nitrogens with zero attached hydrogens (tertiary/aromatic N) is 2. The number of hydrogen-bond donors (Lipinski definition) is 1. The number of amides is 3. The highest BCUT2D eigenvalue weighted by Gasteiger charge is 2.28. The number of urea groups is 1. The van der Waals surface area contributed by atoms with Crippen LogP contribution in [0.4, 0.5) is 4.79 Å². The van der Waals surface area contributed by atoms with Crippen molar-refractivity contribution < 1.29 is 18.7 Å². The standard InChI is InChI=1S/C24H33N3O4/c1-24(2,3)25-23(29)27(17-21-12-8-14-31-21)18-22(28)26(16-20-11-7-13-30-20)15-19-9-5-4-6-10-19/h4-7,9-11,13,21H,8,12,14-18H2,1-3H3,(H,25,29)/t21-/m0/s1. The summed E-state index contributed by atoms with van der Waals surface area (Å²) in [5.41, 5.74) is 0.625. The van der Waals surface area contributed by atoms with E-state index in [9.17, 15) is 9.59 Å². The highest BCUT2D eigenvalue weighted by molar-refractivity contribution is 5.84. The van der Waals surface area contributed by atoms with Gasteiger partial charge in [0.05, 0.1) is 18.9 Å². The van der Waals surface area contributed by atoms with Crippen molar-refractivity contribution in [2.24, 2.45) is 0 Å². The Bertz CT molecular complexity index is 824. The van der Waals surface area contributed by atoms with Crippen molar-refractivity contribution in [1.29, 1.82) is 0 Å². The molecule has 1 aromatic heterocycles. The number of hydrogen-bond acceptors (Lipinski definition) is 4. The van der Waals surface area contributed by atoms with Crippen LogP contribution in [0.15, 0.2) is 53.1 Å². The molecule has 2 heterocycles. The van der Waals surface area contributed by atoms with Crippen molar-refractivity contribution in [3.8, 4) is 0 Å². The van der Waals surface area contributed by atoms with Gasteiger partial charge < -0.3 is 24.3 Å². The maximum Gasteiger partial charge on any atom is 0.318 e. The molecule has 0 spiro atoms. The molecule has 7 nitrogen and oxygen atoms in total. The third kappa shape index (κ3) is 7.43. The maximum absolute atomic E-state index is 13.3. The van der Waals surface area contributed by atoms with E-state index < -0.39 is 5.54 Å². The van der Waals surface area contributed by atoms with Gasteiger partial charge in [-0.15, -0.1) is 0 Å². The lowest BCUT2D eigenvalue weighted by molar-refractivity contribution is -0.133. The topological polar surface area (TPSA) is 75.0 Å². The quantitative estimate of drug-likeness (QED) is 0.695. The second-order valence-electron chi connectivity index (χ2n) is 9.01. The number of rotatable bonds is 8. The number of carbonyl (C=O) groups excluding carboxylic acids is 2. The fourth-order valence-corrected chi connectivity index (χ4v) is 3.54. The molecular weight excluding hydrogens is 394 g/mol. The number of benzene rings is 1. The second-order valence-corrected chi connectivity index (χ2v) is 9.01. The maximum atomic E-state index is 13.3. The monoisotopic (exact) mass is 427 g/mol. The molecule has 1 aliphatic heterocycles. The SMILES string of the molecule is CC(C)(C)NC(=O)N(CC(=O)N(Cc1ccccc1)Cc1ccco1)C[C@@H]1CCCO1. The summed E-state index contributed by atoms with van der Waals surface area (Å²) in [5, 5.41) is 2.97. The predicted molar refractivity (Wildman–Crippen MR) is 118 cm³/mol. The number of nitrogens with one attached hydrogen (secondary N) is 1. The Morgan fingerprint density at radius 2 is 1.84 bits per heavy atom. The van der Waals surface area contributed by atoms with Crippen molar-refractivity contribution in [2.75, 3.05) is 19.7 Å². The van der Waals surface area contributed by atoms with E-state index in [0.29, 0.717) is 32.0 Å². The van der Waals surface area contributed by atoms with E-state index in [1.54, 1.807) is 22.1 Å². The molecule has 1 fully saturated rings. The van der Waals surface area contributed by atoms with Gasteiger partial charge in [-0.3, -0.25) is 4.79 Å². The van der Waals surface area contributed by atoms with E-state index in [0.717, 1.165) is 18.4 Å². The second kappa shape index (κ2) is 10.5. The van der Waals surface area contributed by atoms with Crippen LogP contribution in [0.1, 0.15) is 44.9 Å². The molecule has 2 aromatic rings. The molecular formula is C24H33N3O4. The van der Waals surface area contributed by atoms with Gasteiger partial charge in [-0.05, 0) is 51.3 Å². The van der Waals surface area contributed by atoms with Crippen LogP contribution in [0.2, 0.25) is 0 Å². The summed E-state index contributed by atoms with van der Waals surface area (Å²) in [4.78, 5) is 29.6. The van der Waals surface area contributed by atoms with Gasteiger partial charge in [0.15, 0.2) is 0 Å². The molecule has 7 heteroatoms. The molecule has 1 saturated heterocycles. The first-order valence-corrected chi connectivity index (χ1v) is 10.8. The first-order chi connectivity index (χ1) is 14.8. The lowest BCUT2D eigenvalue weighted by Gasteiger charge is -2.31. The molecule has 1 atom stereocenters. The van der Waals surface area contributed by atoms with Crippen LogP contribution >= 0.6 is 0 Å². The molecule has 3 amide bonds. The van der Waals surface area contributed by atoms with E-state index >= 15 is 0 Å². The molecule has 0 bridgehead atoms. The van der Waals surface area contributed by atoms with Crippen LogP contribution in [0.25, 0.3) is 0 Å². The molecule has 0 aliphatic carbocycles. The van der Waals surface area contributed by atoms with Gasteiger partial charge in [-0.2, -0.15) is 0 Å². The van der Waals surface area contributed by atoms with Crippen LogP contribution in [0.3, 0.4) is 0 Å². The highest BCUT2D eigenvalue weighted by atomic mass is 16.5. The van der Waals surface area contributed by atoms with Crippen molar-refractivity contribution in [3.63, 3.8) is 0 Å². The Morgan fingerprint density at radius 3 is 2.45 bits per heavy atom. The van der Waals surface area contributed by atoms with Crippen molar-refractivity contribution in [2.45, 2.75) is 58.3 Å². The summed E-state index contributed by atoms with van der Waals surface area (Å²) >= 11 is 0. The molecule has 0 radical (unpaired) electrons. The van der Waals surface area contributed by atoms with E-state index in [1.807, 2.05) is 57.2 Å². The van der Waals surface area contributed by atoms with E-state index in [2.05, 4.69) is 5.32 Å². The third-order valence-electron chi connectivity index (χ3n) is 5.04. The van der Waals surface area contributed by atoms with Gasteiger partial charge in [-0.1, -0.05) is 30.3 Å². The van der Waals surface area contributed by atoms with Gasteiger partial charge in [0.2, 0.25) is 5.91 Å². The average Bonchev–Trinajstić information content (AvgIpc) is 3.40. The summed E-state index contributed by atoms with van der Waals surface area (Å²) in [7, 11) is 0. The lowest BCUT2D eigenvalue weighted by Crippen LogP contribution is -2.53. The van der Waals surface area contributed by atoms with Crippen LogP contribution in [-0.4, -0.2) is 53.1 Å². The van der Waals surface area contributed by atoms with Gasteiger partial charge in [0.1, 0.15) is 12.3 Å². The zero-order valence-corrected chi connectivity index (χ0v) is 18.7. The molecule has 0 unspecified atom stereocenters. The minimum absolute atomic E-state index is 0.0185. The summed E-state index contributed by atoms with van der Waals surface area (Å²) in [5.74, 6) is 0.566. The minimum atomic E-state index is -0.396. The van der Waals surface area contributed by atoms with Crippen LogP contribution in [-0.2, 0) is 22.6 Å². The predicted octanol–water partition coefficient (Wildman–Crippen LogP) is 3.80. The zero-order valence-electron chi connectivity index (χ0n) is 18.7. The molecule has 1 aromatic carbocycles. The van der Waals surface area contributed by atoms with Crippen LogP contribution < -0.4 is 5.32 Å². The van der Waals surface area contributed by atoms with Crippen LogP contribution in [0.5, 0.6) is 0 Å². The lowest BCUT2D eigenvalue weighted by atomic mass is 10.1. The summed E-state index contributed by atoms with van der Waals surface area (Å²) in [6.45, 7) is 7.64. The summed E-state index contributed by atoms with van der Waals surface area (Å²) in [6.07, 6.45) is 3.44. The Labute approximate surface area is 184 Å². The molecule has 31 heavy (non-hydrogen) atoms. The molecule has 3 rings (SSSR count). The largest absolute Gasteiger partial charge is 0.467 e. The zero-order chi connectivity index (χ0) is 22.3. The first-order valence-electron chi connectivity index (χ1n) is 10.8. The summed E-state index contributed by atoms with van der Waals surface area (Å²) < 4.78 is 11.2. The third-order valence-corrected chi connectivity index (χ3v) is 5.04. The van der Waals surface area contributed by atoms with E-state index in [-0.39, 0.29) is 24.6 Å². The Morgan fingerprint density at radius 1 is 1.06 bits per heavy atom.